The van der Waals surface area contributed by atoms with Crippen molar-refractivity contribution >= 4 is 0 Å². The average Bonchev–Trinajstić information content (AvgIpc) is 2.20. The largest absolute Gasteiger partial charge is 0.369 e. The fourth-order valence-electron chi connectivity index (χ4n) is 1.33. The Bertz CT molecular complexity index is 269. The zero-order valence-electron chi connectivity index (χ0n) is 7.16. The van der Waals surface area contributed by atoms with Crippen molar-refractivity contribution in [2.45, 2.75) is 6.10 Å². The molecule has 0 bridgehead atoms. The molecule has 1 aliphatic heterocycles. The van der Waals surface area contributed by atoms with E-state index in [0.717, 1.165) is 18.8 Å². The van der Waals surface area contributed by atoms with Gasteiger partial charge in [0.25, 0.3) is 0 Å². The van der Waals surface area contributed by atoms with E-state index in [-0.39, 0.29) is 11.9 Å². The lowest BCUT2D eigenvalue weighted by molar-refractivity contribution is 0.0249. The zero-order chi connectivity index (χ0) is 9.10. The number of rotatable bonds is 1. The number of nitrogens with one attached hydrogen (secondary N) is 1. The van der Waals surface area contributed by atoms with Gasteiger partial charge in [-0.25, -0.2) is 4.39 Å². The standard InChI is InChI=1S/C9H11FN2O/c10-7-1-2-8(12-5-7)9-6-11-3-4-13-9/h1-2,5,9,11H,3-4,6H2. The molecule has 0 aliphatic carbocycles. The third kappa shape index (κ3) is 2.02. The van der Waals surface area contributed by atoms with E-state index in [1.54, 1.807) is 6.07 Å². The molecular formula is C9H11FN2O. The minimum atomic E-state index is -0.312. The Hall–Kier alpha value is -1.00. The van der Waals surface area contributed by atoms with Gasteiger partial charge in [0, 0.05) is 13.1 Å². The van der Waals surface area contributed by atoms with Gasteiger partial charge in [-0.05, 0) is 12.1 Å². The molecule has 2 rings (SSSR count). The van der Waals surface area contributed by atoms with E-state index < -0.39 is 0 Å². The molecule has 0 radical (unpaired) electrons. The van der Waals surface area contributed by atoms with Crippen LogP contribution in [0.1, 0.15) is 11.8 Å². The molecule has 1 aliphatic rings. The van der Waals surface area contributed by atoms with Gasteiger partial charge in [-0.15, -0.1) is 0 Å². The molecule has 3 nitrogen and oxygen atoms in total. The maximum atomic E-state index is 12.5. The summed E-state index contributed by atoms with van der Waals surface area (Å²) in [4.78, 5) is 3.96. The second-order valence-electron chi connectivity index (χ2n) is 2.96. The van der Waals surface area contributed by atoms with Crippen molar-refractivity contribution < 1.29 is 9.13 Å². The molecule has 1 unspecified atom stereocenters. The van der Waals surface area contributed by atoms with Crippen LogP contribution in [0.2, 0.25) is 0 Å². The van der Waals surface area contributed by atoms with E-state index in [0.29, 0.717) is 6.61 Å². The van der Waals surface area contributed by atoms with Crippen LogP contribution < -0.4 is 5.32 Å². The van der Waals surface area contributed by atoms with Gasteiger partial charge in [0.1, 0.15) is 11.9 Å². The van der Waals surface area contributed by atoms with Crippen LogP contribution in [-0.2, 0) is 4.74 Å². The predicted molar refractivity (Wildman–Crippen MR) is 45.8 cm³/mol. The minimum absolute atomic E-state index is 0.0330. The molecule has 13 heavy (non-hydrogen) atoms. The number of morpholine rings is 1. The minimum Gasteiger partial charge on any atom is -0.369 e. The Morgan fingerprint density at radius 3 is 3.08 bits per heavy atom. The summed E-state index contributed by atoms with van der Waals surface area (Å²) in [6, 6.07) is 3.06. The zero-order valence-corrected chi connectivity index (χ0v) is 7.16. The van der Waals surface area contributed by atoms with Crippen molar-refractivity contribution in [2.75, 3.05) is 19.7 Å². The average molecular weight is 182 g/mol. The third-order valence-electron chi connectivity index (χ3n) is 2.01. The van der Waals surface area contributed by atoms with Crippen LogP contribution in [-0.4, -0.2) is 24.7 Å². The van der Waals surface area contributed by atoms with Gasteiger partial charge in [0.15, 0.2) is 0 Å². The van der Waals surface area contributed by atoms with Crippen molar-refractivity contribution in [3.05, 3.63) is 29.8 Å². The second kappa shape index (κ2) is 3.81. The fraction of sp³-hybridized carbons (Fsp3) is 0.444. The number of hydrogen-bond acceptors (Lipinski definition) is 3. The maximum absolute atomic E-state index is 12.5. The highest BCUT2D eigenvalue weighted by Crippen LogP contribution is 2.15. The van der Waals surface area contributed by atoms with Crippen LogP contribution in [0, 0.1) is 5.82 Å². The van der Waals surface area contributed by atoms with Crippen molar-refractivity contribution in [1.29, 1.82) is 0 Å². The van der Waals surface area contributed by atoms with Crippen LogP contribution >= 0.6 is 0 Å². The number of hydrogen-bond donors (Lipinski definition) is 1. The first-order chi connectivity index (χ1) is 6.36. The van der Waals surface area contributed by atoms with E-state index in [4.69, 9.17) is 4.74 Å². The first-order valence-electron chi connectivity index (χ1n) is 4.30. The fourth-order valence-corrected chi connectivity index (χ4v) is 1.33. The van der Waals surface area contributed by atoms with Crippen LogP contribution in [0.3, 0.4) is 0 Å². The molecule has 2 heterocycles. The molecule has 4 heteroatoms. The Morgan fingerprint density at radius 2 is 2.46 bits per heavy atom. The number of nitrogens with zero attached hydrogens (tertiary/aromatic N) is 1. The first-order valence-corrected chi connectivity index (χ1v) is 4.30. The highest BCUT2D eigenvalue weighted by atomic mass is 19.1. The summed E-state index contributed by atoms with van der Waals surface area (Å²) in [7, 11) is 0. The summed E-state index contributed by atoms with van der Waals surface area (Å²) in [5.74, 6) is -0.312. The van der Waals surface area contributed by atoms with Gasteiger partial charge < -0.3 is 10.1 Å². The Kier molecular flexibility index (Phi) is 2.52. The highest BCUT2D eigenvalue weighted by molar-refractivity contribution is 5.09. The highest BCUT2D eigenvalue weighted by Gasteiger charge is 2.16. The monoisotopic (exact) mass is 182 g/mol. The number of halogens is 1. The summed E-state index contributed by atoms with van der Waals surface area (Å²) in [5.41, 5.74) is 0.786. The first kappa shape index (κ1) is 8.59. The molecule has 0 amide bonds. The third-order valence-corrected chi connectivity index (χ3v) is 2.01. The van der Waals surface area contributed by atoms with Crippen LogP contribution in [0.5, 0.6) is 0 Å². The van der Waals surface area contributed by atoms with Gasteiger partial charge in [-0.2, -0.15) is 0 Å². The molecule has 1 aromatic rings. The van der Waals surface area contributed by atoms with Gasteiger partial charge in [0.05, 0.1) is 18.5 Å². The summed E-state index contributed by atoms with van der Waals surface area (Å²) in [5, 5.41) is 3.19. The molecule has 1 aromatic heterocycles. The van der Waals surface area contributed by atoms with Crippen LogP contribution in [0.15, 0.2) is 18.3 Å². The molecule has 0 aromatic carbocycles. The lowest BCUT2D eigenvalue weighted by Crippen LogP contribution is -2.33. The molecule has 0 saturated carbocycles. The Morgan fingerprint density at radius 1 is 1.54 bits per heavy atom. The van der Waals surface area contributed by atoms with E-state index in [2.05, 4.69) is 10.3 Å². The second-order valence-corrected chi connectivity index (χ2v) is 2.96. The summed E-state index contributed by atoms with van der Waals surface area (Å²) < 4.78 is 18.0. The van der Waals surface area contributed by atoms with Crippen molar-refractivity contribution in [1.82, 2.24) is 10.3 Å². The van der Waals surface area contributed by atoms with Gasteiger partial charge >= 0.3 is 0 Å². The lowest BCUT2D eigenvalue weighted by atomic mass is 10.2. The predicted octanol–water partition coefficient (Wildman–Crippen LogP) is 0.882. The summed E-state index contributed by atoms with van der Waals surface area (Å²) in [6.07, 6.45) is 1.18. The van der Waals surface area contributed by atoms with Gasteiger partial charge in [0.2, 0.25) is 0 Å². The van der Waals surface area contributed by atoms with E-state index in [1.165, 1.54) is 12.3 Å². The molecule has 1 atom stereocenters. The van der Waals surface area contributed by atoms with E-state index in [1.807, 2.05) is 0 Å². The van der Waals surface area contributed by atoms with Crippen molar-refractivity contribution in [3.63, 3.8) is 0 Å². The quantitative estimate of drug-likeness (QED) is 0.700. The number of aromatic nitrogens is 1. The Labute approximate surface area is 75.9 Å². The number of pyridine rings is 1. The summed E-state index contributed by atoms with van der Waals surface area (Å²) >= 11 is 0. The van der Waals surface area contributed by atoms with Gasteiger partial charge in [-0.1, -0.05) is 0 Å². The maximum Gasteiger partial charge on any atom is 0.141 e. The van der Waals surface area contributed by atoms with Gasteiger partial charge in [-0.3, -0.25) is 4.98 Å². The van der Waals surface area contributed by atoms with E-state index >= 15 is 0 Å². The molecule has 1 N–H and O–H groups in total. The normalized spacial score (nSPS) is 23.0. The van der Waals surface area contributed by atoms with Crippen LogP contribution in [0.25, 0.3) is 0 Å². The molecular weight excluding hydrogens is 171 g/mol. The Balaban J connectivity index is 2.10. The van der Waals surface area contributed by atoms with Crippen LogP contribution in [0.4, 0.5) is 4.39 Å². The van der Waals surface area contributed by atoms with E-state index in [9.17, 15) is 4.39 Å². The summed E-state index contributed by atoms with van der Waals surface area (Å²) in [6.45, 7) is 2.31. The van der Waals surface area contributed by atoms with Crippen molar-refractivity contribution in [3.8, 4) is 0 Å². The number of ether oxygens (including phenoxy) is 1. The molecule has 1 fully saturated rings. The van der Waals surface area contributed by atoms with Crippen molar-refractivity contribution in [2.24, 2.45) is 0 Å². The topological polar surface area (TPSA) is 34.1 Å². The molecule has 70 valence electrons. The SMILES string of the molecule is Fc1ccc(C2CNCCO2)nc1. The molecule has 1 saturated heterocycles. The molecule has 0 spiro atoms. The smallest absolute Gasteiger partial charge is 0.141 e. The lowest BCUT2D eigenvalue weighted by Gasteiger charge is -2.22.